The lowest BCUT2D eigenvalue weighted by molar-refractivity contribution is 0.476. The average Bonchev–Trinajstić information content (AvgIpc) is 2.16. The molecule has 0 saturated carbocycles. The molecular weight excluding hydrogens is 166 g/mol. The van der Waals surface area contributed by atoms with Crippen molar-refractivity contribution in [1.29, 1.82) is 0 Å². The van der Waals surface area contributed by atoms with Crippen molar-refractivity contribution in [2.75, 3.05) is 5.43 Å². The third kappa shape index (κ3) is 1.27. The average molecular weight is 175 g/mol. The molecule has 0 amide bonds. The molecule has 1 heterocycles. The van der Waals surface area contributed by atoms with Gasteiger partial charge in [0.15, 0.2) is 0 Å². The SMILES string of the molecule is NNc1ccnc2cc(O)ccc12. The van der Waals surface area contributed by atoms with Crippen LogP contribution >= 0.6 is 0 Å². The van der Waals surface area contributed by atoms with Crippen LogP contribution in [0.25, 0.3) is 10.9 Å². The van der Waals surface area contributed by atoms with E-state index in [9.17, 15) is 5.11 Å². The van der Waals surface area contributed by atoms with Crippen molar-refractivity contribution in [3.05, 3.63) is 30.5 Å². The maximum atomic E-state index is 9.20. The van der Waals surface area contributed by atoms with Crippen molar-refractivity contribution in [3.63, 3.8) is 0 Å². The quantitative estimate of drug-likeness (QED) is 0.450. The van der Waals surface area contributed by atoms with Gasteiger partial charge in [0, 0.05) is 17.6 Å². The summed E-state index contributed by atoms with van der Waals surface area (Å²) in [6.45, 7) is 0. The Morgan fingerprint density at radius 2 is 2.15 bits per heavy atom. The summed E-state index contributed by atoms with van der Waals surface area (Å²) < 4.78 is 0. The normalized spacial score (nSPS) is 10.2. The number of nitrogen functional groups attached to an aromatic ring is 1. The molecule has 13 heavy (non-hydrogen) atoms. The van der Waals surface area contributed by atoms with E-state index in [1.807, 2.05) is 0 Å². The predicted molar refractivity (Wildman–Crippen MR) is 51.2 cm³/mol. The largest absolute Gasteiger partial charge is 0.508 e. The van der Waals surface area contributed by atoms with E-state index >= 15 is 0 Å². The summed E-state index contributed by atoms with van der Waals surface area (Å²) in [6, 6.07) is 6.74. The van der Waals surface area contributed by atoms with E-state index in [1.165, 1.54) is 0 Å². The van der Waals surface area contributed by atoms with E-state index in [4.69, 9.17) is 5.84 Å². The summed E-state index contributed by atoms with van der Waals surface area (Å²) in [7, 11) is 0. The number of nitrogens with two attached hydrogens (primary N) is 1. The lowest BCUT2D eigenvalue weighted by Crippen LogP contribution is -2.07. The van der Waals surface area contributed by atoms with Gasteiger partial charge in [-0.2, -0.15) is 0 Å². The van der Waals surface area contributed by atoms with Gasteiger partial charge in [-0.05, 0) is 18.2 Å². The molecule has 4 N–H and O–H groups in total. The van der Waals surface area contributed by atoms with E-state index in [-0.39, 0.29) is 5.75 Å². The number of benzene rings is 1. The van der Waals surface area contributed by atoms with Crippen LogP contribution in [0.15, 0.2) is 30.5 Å². The number of hydrazine groups is 1. The number of aromatic nitrogens is 1. The fraction of sp³-hybridized carbons (Fsp3) is 0. The Labute approximate surface area is 75.0 Å². The van der Waals surface area contributed by atoms with Crippen molar-refractivity contribution >= 4 is 16.6 Å². The van der Waals surface area contributed by atoms with Gasteiger partial charge < -0.3 is 10.5 Å². The van der Waals surface area contributed by atoms with Crippen LogP contribution in [0.5, 0.6) is 5.75 Å². The summed E-state index contributed by atoms with van der Waals surface area (Å²) in [4.78, 5) is 4.10. The molecule has 0 aliphatic carbocycles. The van der Waals surface area contributed by atoms with Gasteiger partial charge in [-0.25, -0.2) is 0 Å². The predicted octanol–water partition coefficient (Wildman–Crippen LogP) is 1.23. The minimum absolute atomic E-state index is 0.203. The standard InChI is InChI=1S/C9H9N3O/c10-12-8-3-4-11-9-5-6(13)1-2-7(8)9/h1-5,13H,10H2,(H,11,12). The molecular formula is C9H9N3O. The van der Waals surface area contributed by atoms with E-state index < -0.39 is 0 Å². The molecule has 2 aromatic rings. The first-order valence-corrected chi connectivity index (χ1v) is 3.85. The highest BCUT2D eigenvalue weighted by molar-refractivity contribution is 5.91. The second-order valence-corrected chi connectivity index (χ2v) is 2.70. The summed E-state index contributed by atoms with van der Waals surface area (Å²) in [5, 5.41) is 10.1. The Balaban J connectivity index is 2.77. The summed E-state index contributed by atoms with van der Waals surface area (Å²) in [6.07, 6.45) is 1.64. The minimum Gasteiger partial charge on any atom is -0.508 e. The zero-order valence-corrected chi connectivity index (χ0v) is 6.86. The first kappa shape index (κ1) is 7.82. The highest BCUT2D eigenvalue weighted by Gasteiger charge is 2.00. The molecule has 2 rings (SSSR count). The van der Waals surface area contributed by atoms with Gasteiger partial charge in [0.2, 0.25) is 0 Å². The lowest BCUT2D eigenvalue weighted by Gasteiger charge is -2.04. The van der Waals surface area contributed by atoms with E-state index in [1.54, 1.807) is 30.5 Å². The molecule has 0 radical (unpaired) electrons. The van der Waals surface area contributed by atoms with Gasteiger partial charge in [-0.1, -0.05) is 0 Å². The number of nitrogens with zero attached hydrogens (tertiary/aromatic N) is 1. The molecule has 4 heteroatoms. The number of pyridine rings is 1. The van der Waals surface area contributed by atoms with Gasteiger partial charge in [0.1, 0.15) is 5.75 Å². The molecule has 1 aromatic heterocycles. The fourth-order valence-corrected chi connectivity index (χ4v) is 1.26. The Morgan fingerprint density at radius 1 is 1.31 bits per heavy atom. The topological polar surface area (TPSA) is 71.2 Å². The Bertz CT molecular complexity index is 442. The minimum atomic E-state index is 0.203. The molecule has 66 valence electrons. The van der Waals surface area contributed by atoms with Crippen LogP contribution in [-0.4, -0.2) is 10.1 Å². The molecule has 0 aliphatic heterocycles. The molecule has 0 spiro atoms. The second-order valence-electron chi connectivity index (χ2n) is 2.70. The van der Waals surface area contributed by atoms with Gasteiger partial charge in [0.25, 0.3) is 0 Å². The number of fused-ring (bicyclic) bond motifs is 1. The van der Waals surface area contributed by atoms with Crippen LogP contribution in [0.1, 0.15) is 0 Å². The molecule has 0 bridgehead atoms. The van der Waals surface area contributed by atoms with Crippen LogP contribution in [0.4, 0.5) is 5.69 Å². The Morgan fingerprint density at radius 3 is 2.92 bits per heavy atom. The number of hydrogen-bond acceptors (Lipinski definition) is 4. The van der Waals surface area contributed by atoms with Gasteiger partial charge >= 0.3 is 0 Å². The maximum absolute atomic E-state index is 9.20. The van der Waals surface area contributed by atoms with Gasteiger partial charge in [0.05, 0.1) is 11.2 Å². The number of phenolic OH excluding ortho intramolecular Hbond substituents is 1. The van der Waals surface area contributed by atoms with E-state index in [2.05, 4.69) is 10.4 Å². The number of anilines is 1. The molecule has 0 unspecified atom stereocenters. The van der Waals surface area contributed by atoms with Crippen LogP contribution in [0.2, 0.25) is 0 Å². The van der Waals surface area contributed by atoms with Crippen molar-refractivity contribution in [2.24, 2.45) is 5.84 Å². The van der Waals surface area contributed by atoms with Crippen LogP contribution in [0, 0.1) is 0 Å². The van der Waals surface area contributed by atoms with Crippen LogP contribution in [-0.2, 0) is 0 Å². The monoisotopic (exact) mass is 175 g/mol. The lowest BCUT2D eigenvalue weighted by atomic mass is 10.2. The summed E-state index contributed by atoms with van der Waals surface area (Å²) in [5.74, 6) is 5.52. The Kier molecular flexibility index (Phi) is 1.75. The molecule has 0 aliphatic rings. The van der Waals surface area contributed by atoms with Crippen LogP contribution < -0.4 is 11.3 Å². The number of hydrogen-bond donors (Lipinski definition) is 3. The van der Waals surface area contributed by atoms with Crippen molar-refractivity contribution in [3.8, 4) is 5.75 Å². The van der Waals surface area contributed by atoms with Crippen LogP contribution in [0.3, 0.4) is 0 Å². The number of phenols is 1. The zero-order valence-electron chi connectivity index (χ0n) is 6.86. The second kappa shape index (κ2) is 2.91. The van der Waals surface area contributed by atoms with Gasteiger partial charge in [-0.3, -0.25) is 10.8 Å². The third-order valence-electron chi connectivity index (χ3n) is 1.88. The number of rotatable bonds is 1. The first-order valence-electron chi connectivity index (χ1n) is 3.85. The highest BCUT2D eigenvalue weighted by Crippen LogP contribution is 2.23. The summed E-state index contributed by atoms with van der Waals surface area (Å²) >= 11 is 0. The third-order valence-corrected chi connectivity index (χ3v) is 1.88. The van der Waals surface area contributed by atoms with E-state index in [0.29, 0.717) is 0 Å². The molecule has 0 fully saturated rings. The summed E-state index contributed by atoms with van der Waals surface area (Å²) in [5.41, 5.74) is 4.08. The molecule has 1 aromatic carbocycles. The van der Waals surface area contributed by atoms with Crippen molar-refractivity contribution in [2.45, 2.75) is 0 Å². The van der Waals surface area contributed by atoms with E-state index in [0.717, 1.165) is 16.6 Å². The molecule has 0 saturated heterocycles. The molecule has 4 nitrogen and oxygen atoms in total. The van der Waals surface area contributed by atoms with Crippen molar-refractivity contribution < 1.29 is 5.11 Å². The fourth-order valence-electron chi connectivity index (χ4n) is 1.26. The number of aromatic hydroxyl groups is 1. The Hall–Kier alpha value is -1.81. The zero-order chi connectivity index (χ0) is 9.26. The first-order chi connectivity index (χ1) is 6.31. The van der Waals surface area contributed by atoms with Gasteiger partial charge in [-0.15, -0.1) is 0 Å². The molecule has 0 atom stereocenters. The maximum Gasteiger partial charge on any atom is 0.117 e. The number of nitrogens with one attached hydrogen (secondary N) is 1. The highest BCUT2D eigenvalue weighted by atomic mass is 16.3. The smallest absolute Gasteiger partial charge is 0.117 e. The van der Waals surface area contributed by atoms with Crippen molar-refractivity contribution in [1.82, 2.24) is 4.98 Å².